The van der Waals surface area contributed by atoms with Crippen molar-refractivity contribution in [3.63, 3.8) is 0 Å². The predicted molar refractivity (Wildman–Crippen MR) is 61.4 cm³/mol. The Kier molecular flexibility index (Phi) is 7.31. The zero-order valence-electron chi connectivity index (χ0n) is 10.1. The van der Waals surface area contributed by atoms with Crippen LogP contribution >= 0.6 is 0 Å². The highest BCUT2D eigenvalue weighted by Crippen LogP contribution is 2.12. The minimum absolute atomic E-state index is 0.637. The Hall–Kier alpha value is -0.630. The van der Waals surface area contributed by atoms with Crippen LogP contribution in [0.1, 0.15) is 26.2 Å². The normalized spacial score (nSPS) is 14.9. The number of nitrogens with two attached hydrogens (primary N) is 1. The minimum atomic E-state index is -0.637. The molecule has 0 heterocycles. The quantitative estimate of drug-likeness (QED) is 0.653. The van der Waals surface area contributed by atoms with Crippen molar-refractivity contribution in [3.8, 4) is 6.07 Å². The van der Waals surface area contributed by atoms with Gasteiger partial charge in [-0.1, -0.05) is 6.92 Å². The van der Waals surface area contributed by atoms with Crippen LogP contribution in [0, 0.1) is 11.3 Å². The molecule has 0 aliphatic heterocycles. The Bertz CT molecular complexity index is 202. The van der Waals surface area contributed by atoms with Crippen LogP contribution in [-0.4, -0.2) is 44.3 Å². The Labute approximate surface area is 93.0 Å². The van der Waals surface area contributed by atoms with Crippen molar-refractivity contribution in [3.05, 3.63) is 0 Å². The molecule has 1 atom stereocenters. The van der Waals surface area contributed by atoms with Gasteiger partial charge in [-0.3, -0.25) is 0 Å². The first kappa shape index (κ1) is 14.4. The second-order valence-electron chi connectivity index (χ2n) is 4.02. The molecule has 4 heteroatoms. The van der Waals surface area contributed by atoms with Gasteiger partial charge in [0.05, 0.1) is 12.7 Å². The second kappa shape index (κ2) is 7.63. The standard InChI is InChI=1S/C11H23N3O/c1-4-11(13,10-12)6-5-7-14(2)8-9-15-3/h4-9,13H2,1-3H3. The highest BCUT2D eigenvalue weighted by molar-refractivity contribution is 5.03. The smallest absolute Gasteiger partial charge is 0.104 e. The second-order valence-corrected chi connectivity index (χ2v) is 4.02. The fourth-order valence-electron chi connectivity index (χ4n) is 1.34. The van der Waals surface area contributed by atoms with Crippen molar-refractivity contribution in [1.82, 2.24) is 4.90 Å². The molecule has 15 heavy (non-hydrogen) atoms. The zero-order valence-corrected chi connectivity index (χ0v) is 10.1. The topological polar surface area (TPSA) is 62.3 Å². The van der Waals surface area contributed by atoms with Crippen LogP contribution in [0.15, 0.2) is 0 Å². The first-order valence-electron chi connectivity index (χ1n) is 5.45. The summed E-state index contributed by atoms with van der Waals surface area (Å²) in [5, 5.41) is 8.88. The minimum Gasteiger partial charge on any atom is -0.383 e. The maximum Gasteiger partial charge on any atom is 0.104 e. The van der Waals surface area contributed by atoms with E-state index in [9.17, 15) is 0 Å². The summed E-state index contributed by atoms with van der Waals surface area (Å²) in [4.78, 5) is 2.19. The Morgan fingerprint density at radius 2 is 2.13 bits per heavy atom. The molecule has 0 aliphatic carbocycles. The highest BCUT2D eigenvalue weighted by Gasteiger charge is 2.21. The van der Waals surface area contributed by atoms with Gasteiger partial charge in [0.15, 0.2) is 0 Å². The van der Waals surface area contributed by atoms with Crippen molar-refractivity contribution in [2.75, 3.05) is 33.9 Å². The summed E-state index contributed by atoms with van der Waals surface area (Å²) in [6, 6.07) is 2.18. The molecule has 0 spiro atoms. The third kappa shape index (κ3) is 6.45. The van der Waals surface area contributed by atoms with E-state index in [2.05, 4.69) is 18.0 Å². The van der Waals surface area contributed by atoms with Crippen LogP contribution in [-0.2, 0) is 4.74 Å². The summed E-state index contributed by atoms with van der Waals surface area (Å²) in [5.41, 5.74) is 5.24. The van der Waals surface area contributed by atoms with Gasteiger partial charge < -0.3 is 15.4 Å². The summed E-state index contributed by atoms with van der Waals surface area (Å²) in [6.45, 7) is 4.59. The average Bonchev–Trinajstić information content (AvgIpc) is 2.26. The van der Waals surface area contributed by atoms with E-state index in [1.807, 2.05) is 6.92 Å². The first-order valence-corrected chi connectivity index (χ1v) is 5.45. The number of nitrogens with zero attached hydrogens (tertiary/aromatic N) is 2. The van der Waals surface area contributed by atoms with Crippen LogP contribution in [0.3, 0.4) is 0 Å². The summed E-state index contributed by atoms with van der Waals surface area (Å²) >= 11 is 0. The van der Waals surface area contributed by atoms with E-state index in [4.69, 9.17) is 15.7 Å². The molecular formula is C11H23N3O. The lowest BCUT2D eigenvalue weighted by Gasteiger charge is -2.21. The largest absolute Gasteiger partial charge is 0.383 e. The molecule has 0 saturated heterocycles. The Balaban J connectivity index is 3.65. The highest BCUT2D eigenvalue weighted by atomic mass is 16.5. The molecule has 0 aromatic rings. The lowest BCUT2D eigenvalue weighted by molar-refractivity contribution is 0.159. The number of rotatable bonds is 8. The molecule has 4 nitrogen and oxygen atoms in total. The monoisotopic (exact) mass is 213 g/mol. The molecule has 0 fully saturated rings. The van der Waals surface area contributed by atoms with Crippen LogP contribution < -0.4 is 5.73 Å². The van der Waals surface area contributed by atoms with Gasteiger partial charge in [0.2, 0.25) is 0 Å². The van der Waals surface area contributed by atoms with Gasteiger partial charge in [0.25, 0.3) is 0 Å². The Morgan fingerprint density at radius 3 is 2.60 bits per heavy atom. The molecule has 88 valence electrons. The van der Waals surface area contributed by atoms with Crippen LogP contribution in [0.5, 0.6) is 0 Å². The van der Waals surface area contributed by atoms with Gasteiger partial charge in [-0.2, -0.15) is 5.26 Å². The molecule has 0 aromatic heterocycles. The SMILES string of the molecule is CCC(N)(C#N)CCCN(C)CCOC. The van der Waals surface area contributed by atoms with E-state index in [-0.39, 0.29) is 0 Å². The van der Waals surface area contributed by atoms with E-state index in [0.717, 1.165) is 32.5 Å². The molecule has 0 aromatic carbocycles. The number of likely N-dealkylation sites (N-methyl/N-ethyl adjacent to an activating group) is 1. The number of methoxy groups -OCH3 is 1. The van der Waals surface area contributed by atoms with Gasteiger partial charge >= 0.3 is 0 Å². The molecule has 0 aliphatic rings. The van der Waals surface area contributed by atoms with E-state index in [1.54, 1.807) is 7.11 Å². The first-order chi connectivity index (χ1) is 7.08. The summed E-state index contributed by atoms with van der Waals surface area (Å²) in [5.74, 6) is 0. The molecule has 2 N–H and O–H groups in total. The van der Waals surface area contributed by atoms with Gasteiger partial charge in [-0.05, 0) is 32.9 Å². The van der Waals surface area contributed by atoms with Gasteiger partial charge in [-0.25, -0.2) is 0 Å². The van der Waals surface area contributed by atoms with Crippen molar-refractivity contribution in [2.24, 2.45) is 5.73 Å². The lowest BCUT2D eigenvalue weighted by Crippen LogP contribution is -2.38. The number of hydrogen-bond donors (Lipinski definition) is 1. The van der Waals surface area contributed by atoms with Crippen LogP contribution in [0.4, 0.5) is 0 Å². The van der Waals surface area contributed by atoms with E-state index in [0.29, 0.717) is 6.42 Å². The fraction of sp³-hybridized carbons (Fsp3) is 0.909. The number of nitriles is 1. The number of hydrogen-bond acceptors (Lipinski definition) is 4. The van der Waals surface area contributed by atoms with E-state index < -0.39 is 5.54 Å². The average molecular weight is 213 g/mol. The molecule has 0 radical (unpaired) electrons. The van der Waals surface area contributed by atoms with Crippen molar-refractivity contribution < 1.29 is 4.74 Å². The fourth-order valence-corrected chi connectivity index (χ4v) is 1.34. The van der Waals surface area contributed by atoms with Gasteiger partial charge in [0, 0.05) is 13.7 Å². The predicted octanol–water partition coefficient (Wildman–Crippen LogP) is 0.976. The number of ether oxygens (including phenoxy) is 1. The van der Waals surface area contributed by atoms with E-state index in [1.165, 1.54) is 0 Å². The maximum absolute atomic E-state index is 8.88. The molecule has 1 unspecified atom stereocenters. The summed E-state index contributed by atoms with van der Waals surface area (Å²) < 4.78 is 4.98. The molecule has 0 rings (SSSR count). The third-order valence-electron chi connectivity index (χ3n) is 2.69. The molecule has 0 saturated carbocycles. The Morgan fingerprint density at radius 1 is 1.47 bits per heavy atom. The van der Waals surface area contributed by atoms with E-state index >= 15 is 0 Å². The van der Waals surface area contributed by atoms with Gasteiger partial charge in [-0.15, -0.1) is 0 Å². The molecule has 0 bridgehead atoms. The summed E-state index contributed by atoms with van der Waals surface area (Å²) in [6.07, 6.45) is 2.43. The zero-order chi connectivity index (χ0) is 11.7. The molecular weight excluding hydrogens is 190 g/mol. The van der Waals surface area contributed by atoms with Crippen molar-refractivity contribution in [2.45, 2.75) is 31.7 Å². The molecule has 0 amide bonds. The third-order valence-corrected chi connectivity index (χ3v) is 2.69. The lowest BCUT2D eigenvalue weighted by atomic mass is 9.93. The van der Waals surface area contributed by atoms with Gasteiger partial charge in [0.1, 0.15) is 5.54 Å². The maximum atomic E-state index is 8.88. The van der Waals surface area contributed by atoms with Crippen LogP contribution in [0.25, 0.3) is 0 Å². The summed E-state index contributed by atoms with van der Waals surface area (Å²) in [7, 11) is 3.75. The van der Waals surface area contributed by atoms with Crippen molar-refractivity contribution >= 4 is 0 Å². The van der Waals surface area contributed by atoms with Crippen molar-refractivity contribution in [1.29, 1.82) is 5.26 Å². The van der Waals surface area contributed by atoms with Crippen LogP contribution in [0.2, 0.25) is 0 Å².